The van der Waals surface area contributed by atoms with Gasteiger partial charge < -0.3 is 10.2 Å². The van der Waals surface area contributed by atoms with Gasteiger partial charge in [-0.2, -0.15) is 0 Å². The molecule has 110 valence electrons. The van der Waals surface area contributed by atoms with E-state index in [0.717, 1.165) is 18.8 Å². The summed E-state index contributed by atoms with van der Waals surface area (Å²) in [6, 6.07) is 0. The average Bonchev–Trinajstić information content (AvgIpc) is 2.43. The first-order chi connectivity index (χ1) is 8.67. The maximum Gasteiger partial charge on any atom is -0.0667 e. The van der Waals surface area contributed by atoms with Crippen LogP contribution in [-0.2, 0) is 0 Å². The van der Waals surface area contributed by atoms with Gasteiger partial charge in [0, 0.05) is 0 Å². The number of hydrogen-bond acceptors (Lipinski definition) is 2. The Kier molecular flexibility index (Phi) is 34.8. The minimum Gasteiger partial charge on any atom is -0.854 e. The van der Waals surface area contributed by atoms with E-state index >= 15 is 0 Å². The molecule has 0 aromatic rings. The first kappa shape index (κ1) is 23.8. The predicted molar refractivity (Wildman–Crippen MR) is 80.0 cm³/mol. The third-order valence-electron chi connectivity index (χ3n) is 2.44. The number of rotatable bonds is 8. The van der Waals surface area contributed by atoms with Crippen molar-refractivity contribution in [1.29, 1.82) is 0 Å². The minimum absolute atomic E-state index is 0.0694. The van der Waals surface area contributed by atoms with E-state index in [1.54, 1.807) is 4.44 Å². The van der Waals surface area contributed by atoms with Gasteiger partial charge in [0.1, 0.15) is 0 Å². The summed E-state index contributed by atoms with van der Waals surface area (Å²) in [6.07, 6.45) is 7.29. The van der Waals surface area contributed by atoms with Crippen LogP contribution < -0.4 is 10.2 Å². The molecule has 3 heteroatoms. The third kappa shape index (κ3) is 30.1. The van der Waals surface area contributed by atoms with Crippen LogP contribution in [0.2, 0.25) is 9.38 Å². The molecule has 0 aliphatic heterocycles. The van der Waals surface area contributed by atoms with E-state index in [0.29, 0.717) is 0 Å². The van der Waals surface area contributed by atoms with Crippen LogP contribution in [-0.4, -0.2) is 34.4 Å². The molecule has 0 aliphatic rings. The molecule has 0 amide bonds. The second-order valence-electron chi connectivity index (χ2n) is 4.38. The standard InChI is InChI=1S/C8H17.2C3H7O.CH3.Sn/c1-4-6-7-8(3)5-2;2*1-2-3-4;;/h8H,3-7H2,1-2H3;2*2-3H2,1H3;1H3;/q;2*-1;;+2. The summed E-state index contributed by atoms with van der Waals surface area (Å²) in [7, 11) is 0. The van der Waals surface area contributed by atoms with Gasteiger partial charge in [-0.1, -0.05) is 26.7 Å². The first-order valence-corrected chi connectivity index (χ1v) is 12.4. The average molecular weight is 365 g/mol. The topological polar surface area (TPSA) is 46.1 Å². The summed E-state index contributed by atoms with van der Waals surface area (Å²) in [5, 5.41) is 18.6. The van der Waals surface area contributed by atoms with Crippen molar-refractivity contribution in [2.75, 3.05) is 13.2 Å². The molecule has 1 atom stereocenters. The van der Waals surface area contributed by atoms with Gasteiger partial charge in [-0.15, -0.1) is 13.2 Å². The second kappa shape index (κ2) is 26.3. The van der Waals surface area contributed by atoms with Gasteiger partial charge in [0.2, 0.25) is 0 Å². The molecule has 0 heterocycles. The van der Waals surface area contributed by atoms with E-state index in [1.807, 2.05) is 13.8 Å². The van der Waals surface area contributed by atoms with Gasteiger partial charge in [-0.25, -0.2) is 0 Å². The van der Waals surface area contributed by atoms with Crippen molar-refractivity contribution in [1.82, 2.24) is 0 Å². The fourth-order valence-corrected chi connectivity index (χ4v) is 4.29. The van der Waals surface area contributed by atoms with Crippen molar-refractivity contribution in [3.05, 3.63) is 0 Å². The largest absolute Gasteiger partial charge is 0.854 e. The van der Waals surface area contributed by atoms with E-state index < -0.39 is 0 Å². The van der Waals surface area contributed by atoms with Gasteiger partial charge in [-0.3, -0.25) is 0 Å². The van der Waals surface area contributed by atoms with E-state index in [4.69, 9.17) is 0 Å². The normalized spacial score (nSPS) is 10.4. The zero-order valence-electron chi connectivity index (χ0n) is 13.3. The van der Waals surface area contributed by atoms with Crippen molar-refractivity contribution in [2.45, 2.75) is 75.6 Å². The van der Waals surface area contributed by atoms with Crippen LogP contribution in [0.1, 0.15) is 66.2 Å². The first-order valence-electron chi connectivity index (χ1n) is 7.48. The van der Waals surface area contributed by atoms with Gasteiger partial charge in [-0.05, 0) is 0 Å². The molecule has 0 N–H and O–H groups in total. The summed E-state index contributed by atoms with van der Waals surface area (Å²) in [4.78, 5) is 2.46. The van der Waals surface area contributed by atoms with Gasteiger partial charge in [0.15, 0.2) is 0 Å². The molecule has 0 saturated heterocycles. The molecule has 0 aromatic carbocycles. The Morgan fingerprint density at radius 1 is 0.889 bits per heavy atom. The zero-order chi connectivity index (χ0) is 14.6. The van der Waals surface area contributed by atoms with Crippen LogP contribution in [0.4, 0.5) is 0 Å². The third-order valence-corrected chi connectivity index (χ3v) is 5.26. The monoisotopic (exact) mass is 366 g/mol. The van der Waals surface area contributed by atoms with Crippen molar-refractivity contribution < 1.29 is 10.2 Å². The van der Waals surface area contributed by atoms with Crippen LogP contribution in [0, 0.1) is 5.92 Å². The maximum atomic E-state index is 9.30. The second-order valence-corrected chi connectivity index (χ2v) is 7.57. The van der Waals surface area contributed by atoms with Crippen molar-refractivity contribution in [3.63, 3.8) is 0 Å². The summed E-state index contributed by atoms with van der Waals surface area (Å²) < 4.78 is 1.61. The molecule has 0 fully saturated rings. The quantitative estimate of drug-likeness (QED) is 0.621. The summed E-state index contributed by atoms with van der Waals surface area (Å²) in [6.45, 7) is 8.51. The summed E-state index contributed by atoms with van der Waals surface area (Å²) in [5.74, 6) is 1.09. The van der Waals surface area contributed by atoms with Crippen LogP contribution >= 0.6 is 0 Å². The van der Waals surface area contributed by atoms with Crippen molar-refractivity contribution in [3.8, 4) is 0 Å². The molecule has 0 radical (unpaired) electrons. The SMILES string of the molecule is CCCCC(CC)[CH2][Sn+2][CH3].CCC[O-].CCC[O-]. The number of hydrogen-bond donors (Lipinski definition) is 0. The maximum absolute atomic E-state index is 9.30. The Hall–Kier alpha value is 0.719. The van der Waals surface area contributed by atoms with Crippen LogP contribution in [0.5, 0.6) is 0 Å². The Morgan fingerprint density at radius 2 is 1.33 bits per heavy atom. The van der Waals surface area contributed by atoms with Gasteiger partial charge >= 0.3 is 76.0 Å². The molecule has 0 bridgehead atoms. The van der Waals surface area contributed by atoms with Crippen LogP contribution in [0.3, 0.4) is 0 Å². The van der Waals surface area contributed by atoms with Crippen LogP contribution in [0.15, 0.2) is 0 Å². The number of unbranched alkanes of at least 4 members (excludes halogenated alkanes) is 1. The molecule has 0 spiro atoms. The predicted octanol–water partition coefficient (Wildman–Crippen LogP) is 2.89. The Morgan fingerprint density at radius 3 is 1.56 bits per heavy atom. The molecule has 2 nitrogen and oxygen atoms in total. The molecule has 0 rings (SSSR count). The Balaban J connectivity index is -0.000000233. The molecule has 1 unspecified atom stereocenters. The summed E-state index contributed by atoms with van der Waals surface area (Å²) >= 11 is 0.0956. The molecular weight excluding hydrogens is 331 g/mol. The smallest absolute Gasteiger partial charge is 0.0667 e. The van der Waals surface area contributed by atoms with E-state index in [2.05, 4.69) is 18.8 Å². The Labute approximate surface area is 126 Å². The van der Waals surface area contributed by atoms with Crippen molar-refractivity contribution in [2.24, 2.45) is 5.92 Å². The molecule has 0 saturated carbocycles. The molecular formula is C15H34O2Sn. The van der Waals surface area contributed by atoms with E-state index in [1.165, 1.54) is 25.7 Å². The van der Waals surface area contributed by atoms with Crippen molar-refractivity contribution >= 4 is 21.1 Å². The molecule has 18 heavy (non-hydrogen) atoms. The summed E-state index contributed by atoms with van der Waals surface area (Å²) in [5.41, 5.74) is 0. The van der Waals surface area contributed by atoms with E-state index in [-0.39, 0.29) is 34.4 Å². The van der Waals surface area contributed by atoms with E-state index in [9.17, 15) is 10.2 Å². The van der Waals surface area contributed by atoms with Gasteiger partial charge in [0.05, 0.1) is 0 Å². The Bertz CT molecular complexity index is 103. The fraction of sp³-hybridized carbons (Fsp3) is 1.00. The van der Waals surface area contributed by atoms with Gasteiger partial charge in [0.25, 0.3) is 0 Å². The minimum atomic E-state index is 0.0694. The van der Waals surface area contributed by atoms with Crippen LogP contribution in [0.25, 0.3) is 0 Å². The fourth-order valence-electron chi connectivity index (χ4n) is 1.23. The molecule has 0 aromatic heterocycles. The molecule has 0 aliphatic carbocycles. The zero-order valence-corrected chi connectivity index (χ0v) is 16.1.